The highest BCUT2D eigenvalue weighted by Crippen LogP contribution is 2.14. The lowest BCUT2D eigenvalue weighted by Gasteiger charge is -2.18. The molecular weight excluding hydrogens is 757 g/mol. The molecule has 0 aliphatic heterocycles. The molecule has 0 aromatic rings. The second-order valence-corrected chi connectivity index (χ2v) is 17.4. The van der Waals surface area contributed by atoms with E-state index in [4.69, 9.17) is 14.2 Å². The highest BCUT2D eigenvalue weighted by molar-refractivity contribution is 5.71. The number of unbranched alkanes of at least 4 members (excludes halogenated alkanes) is 28. The molecule has 0 saturated carbocycles. The van der Waals surface area contributed by atoms with Gasteiger partial charge in [0, 0.05) is 19.3 Å². The Morgan fingerprint density at radius 3 is 0.951 bits per heavy atom. The van der Waals surface area contributed by atoms with Crippen molar-refractivity contribution in [3.63, 3.8) is 0 Å². The van der Waals surface area contributed by atoms with Crippen LogP contribution in [0.1, 0.15) is 265 Å². The molecule has 0 radical (unpaired) electrons. The molecule has 6 nitrogen and oxygen atoms in total. The van der Waals surface area contributed by atoms with Crippen LogP contribution in [0.3, 0.4) is 0 Å². The number of ether oxygens (including phenoxy) is 3. The number of hydrogen-bond acceptors (Lipinski definition) is 6. The summed E-state index contributed by atoms with van der Waals surface area (Å²) in [4.78, 5) is 38.0. The van der Waals surface area contributed by atoms with Gasteiger partial charge >= 0.3 is 17.9 Å². The molecule has 0 unspecified atom stereocenters. The van der Waals surface area contributed by atoms with E-state index in [1.807, 2.05) is 0 Å². The molecule has 0 heterocycles. The molecule has 0 spiro atoms. The van der Waals surface area contributed by atoms with Gasteiger partial charge in [-0.25, -0.2) is 0 Å². The smallest absolute Gasteiger partial charge is 0.306 e. The van der Waals surface area contributed by atoms with Crippen molar-refractivity contribution in [2.75, 3.05) is 13.2 Å². The van der Waals surface area contributed by atoms with E-state index in [2.05, 4.69) is 69.4 Å². The van der Waals surface area contributed by atoms with Crippen molar-refractivity contribution in [2.45, 2.75) is 271 Å². The zero-order valence-electron chi connectivity index (χ0n) is 40.4. The molecule has 0 aliphatic carbocycles. The fraction of sp³-hybridized carbons (Fsp3) is 0.800. The largest absolute Gasteiger partial charge is 0.462 e. The van der Waals surface area contributed by atoms with Crippen LogP contribution in [0, 0.1) is 0 Å². The molecular formula is C55H98O6. The summed E-state index contributed by atoms with van der Waals surface area (Å²) in [6, 6.07) is 0. The summed E-state index contributed by atoms with van der Waals surface area (Å²) in [5.41, 5.74) is 0. The van der Waals surface area contributed by atoms with E-state index >= 15 is 0 Å². The molecule has 1 atom stereocenters. The Kier molecular flexibility index (Phi) is 47.9. The number of esters is 3. The van der Waals surface area contributed by atoms with Gasteiger partial charge in [-0.05, 0) is 103 Å². The Bertz CT molecular complexity index is 1070. The topological polar surface area (TPSA) is 78.9 Å². The van der Waals surface area contributed by atoms with Crippen molar-refractivity contribution in [2.24, 2.45) is 0 Å². The van der Waals surface area contributed by atoms with Crippen LogP contribution in [0.4, 0.5) is 0 Å². The molecule has 0 bridgehead atoms. The van der Waals surface area contributed by atoms with E-state index in [0.717, 1.165) is 89.9 Å². The van der Waals surface area contributed by atoms with Crippen LogP contribution >= 0.6 is 0 Å². The number of carbonyl (C=O) groups excluding carboxylic acids is 3. The van der Waals surface area contributed by atoms with E-state index in [-0.39, 0.29) is 31.1 Å². The molecule has 0 aromatic carbocycles. The molecule has 0 saturated heterocycles. The molecule has 6 heteroatoms. The summed E-state index contributed by atoms with van der Waals surface area (Å²) in [6.45, 7) is 6.57. The van der Waals surface area contributed by atoms with Gasteiger partial charge in [-0.2, -0.15) is 0 Å². The first-order chi connectivity index (χ1) is 30.0. The van der Waals surface area contributed by atoms with Gasteiger partial charge in [-0.3, -0.25) is 14.4 Å². The molecule has 0 amide bonds. The maximum absolute atomic E-state index is 12.8. The molecule has 0 N–H and O–H groups in total. The maximum atomic E-state index is 12.8. The first-order valence-electron chi connectivity index (χ1n) is 26.1. The summed E-state index contributed by atoms with van der Waals surface area (Å²) < 4.78 is 16.8. The molecule has 0 fully saturated rings. The van der Waals surface area contributed by atoms with Crippen molar-refractivity contribution >= 4 is 17.9 Å². The van der Waals surface area contributed by atoms with Gasteiger partial charge in [0.05, 0.1) is 0 Å². The minimum atomic E-state index is -0.782. The first kappa shape index (κ1) is 58.4. The van der Waals surface area contributed by atoms with Crippen LogP contribution in [-0.4, -0.2) is 37.2 Å². The number of hydrogen-bond donors (Lipinski definition) is 0. The highest BCUT2D eigenvalue weighted by atomic mass is 16.6. The number of carbonyl (C=O) groups is 3. The van der Waals surface area contributed by atoms with Crippen LogP contribution in [0.15, 0.2) is 48.6 Å². The summed E-state index contributed by atoms with van der Waals surface area (Å²) in [7, 11) is 0. The zero-order valence-corrected chi connectivity index (χ0v) is 40.4. The molecule has 354 valence electrons. The Hall–Kier alpha value is -2.63. The van der Waals surface area contributed by atoms with E-state index in [1.165, 1.54) is 135 Å². The fourth-order valence-corrected chi connectivity index (χ4v) is 7.28. The van der Waals surface area contributed by atoms with Crippen molar-refractivity contribution < 1.29 is 28.6 Å². The minimum absolute atomic E-state index is 0.0825. The van der Waals surface area contributed by atoms with E-state index < -0.39 is 6.10 Å². The summed E-state index contributed by atoms with van der Waals surface area (Å²) in [5.74, 6) is -0.901. The van der Waals surface area contributed by atoms with Crippen molar-refractivity contribution in [3.8, 4) is 0 Å². The predicted molar refractivity (Wildman–Crippen MR) is 261 cm³/mol. The van der Waals surface area contributed by atoms with Crippen molar-refractivity contribution in [1.82, 2.24) is 0 Å². The normalized spacial score (nSPS) is 12.4. The number of allylic oxidation sites excluding steroid dienone is 8. The van der Waals surface area contributed by atoms with Crippen LogP contribution < -0.4 is 0 Å². The second kappa shape index (κ2) is 50.0. The lowest BCUT2D eigenvalue weighted by atomic mass is 10.1. The number of rotatable bonds is 47. The van der Waals surface area contributed by atoms with Crippen LogP contribution in [0.2, 0.25) is 0 Å². The SMILES string of the molecule is CCCCC/C=C\C/C=C\CCCCCCCCCC(=O)OC[C@H](COC(=O)CCCCCCC/C=C\CCCCCC)OC(=O)CCCCCCC/C=C\CCCCCC. The molecule has 61 heavy (non-hydrogen) atoms. The van der Waals surface area contributed by atoms with Gasteiger partial charge in [0.15, 0.2) is 6.10 Å². The van der Waals surface area contributed by atoms with Crippen LogP contribution in [0.25, 0.3) is 0 Å². The van der Waals surface area contributed by atoms with Gasteiger partial charge in [-0.15, -0.1) is 0 Å². The summed E-state index contributed by atoms with van der Waals surface area (Å²) in [6.07, 6.45) is 59.4. The van der Waals surface area contributed by atoms with Crippen molar-refractivity contribution in [3.05, 3.63) is 48.6 Å². The van der Waals surface area contributed by atoms with Crippen LogP contribution in [-0.2, 0) is 28.6 Å². The Morgan fingerprint density at radius 2 is 0.590 bits per heavy atom. The van der Waals surface area contributed by atoms with Crippen LogP contribution in [0.5, 0.6) is 0 Å². The Morgan fingerprint density at radius 1 is 0.328 bits per heavy atom. The lowest BCUT2D eigenvalue weighted by molar-refractivity contribution is -0.167. The molecule has 0 aromatic heterocycles. The molecule has 0 aliphatic rings. The first-order valence-corrected chi connectivity index (χ1v) is 26.1. The summed E-state index contributed by atoms with van der Waals surface area (Å²) >= 11 is 0. The van der Waals surface area contributed by atoms with Gasteiger partial charge in [0.1, 0.15) is 13.2 Å². The average molecular weight is 855 g/mol. The lowest BCUT2D eigenvalue weighted by Crippen LogP contribution is -2.30. The second-order valence-electron chi connectivity index (χ2n) is 17.4. The average Bonchev–Trinajstić information content (AvgIpc) is 3.26. The van der Waals surface area contributed by atoms with Gasteiger partial charge in [-0.1, -0.05) is 191 Å². The third kappa shape index (κ3) is 48.3. The third-order valence-corrected chi connectivity index (χ3v) is 11.3. The minimum Gasteiger partial charge on any atom is -0.462 e. The highest BCUT2D eigenvalue weighted by Gasteiger charge is 2.19. The van der Waals surface area contributed by atoms with Crippen molar-refractivity contribution in [1.29, 1.82) is 0 Å². The summed E-state index contributed by atoms with van der Waals surface area (Å²) in [5, 5.41) is 0. The van der Waals surface area contributed by atoms with Gasteiger partial charge in [0.2, 0.25) is 0 Å². The zero-order chi connectivity index (χ0) is 44.4. The van der Waals surface area contributed by atoms with E-state index in [0.29, 0.717) is 19.3 Å². The Labute approximate surface area is 378 Å². The third-order valence-electron chi connectivity index (χ3n) is 11.3. The maximum Gasteiger partial charge on any atom is 0.306 e. The van der Waals surface area contributed by atoms with Gasteiger partial charge < -0.3 is 14.2 Å². The Balaban J connectivity index is 4.38. The van der Waals surface area contributed by atoms with Gasteiger partial charge in [0.25, 0.3) is 0 Å². The monoisotopic (exact) mass is 855 g/mol. The molecule has 0 rings (SSSR count). The van der Waals surface area contributed by atoms with E-state index in [9.17, 15) is 14.4 Å². The fourth-order valence-electron chi connectivity index (χ4n) is 7.28. The standard InChI is InChI=1S/C55H98O6/c1-4-7-10-13-16-19-22-25-26-27-28-31-33-36-39-42-45-48-54(57)60-51-52(61-55(58)49-46-43-40-37-34-30-24-21-18-15-12-9-6-3)50-59-53(56)47-44-41-38-35-32-29-23-20-17-14-11-8-5-2/h16,19-21,23-26,52H,4-15,17-18,22,27-51H2,1-3H3/b19-16-,23-20-,24-21-,26-25-/t52-/m0/s1. The quantitative estimate of drug-likeness (QED) is 0.0263. The predicted octanol–water partition coefficient (Wildman–Crippen LogP) is 17.1. The van der Waals surface area contributed by atoms with E-state index in [1.54, 1.807) is 0 Å².